The number of carbonyl (C=O) groups excluding carboxylic acids is 3. The van der Waals surface area contributed by atoms with Crippen LogP contribution in [0.2, 0.25) is 0 Å². The number of rotatable bonds is 6. The number of hydrogen-bond donors (Lipinski definition) is 2. The average molecular weight is 305 g/mol. The summed E-state index contributed by atoms with van der Waals surface area (Å²) in [6, 6.07) is -0.00478. The number of likely N-dealkylation sites (tertiary alicyclic amines) is 1. The molecule has 6 heteroatoms. The van der Waals surface area contributed by atoms with Crippen LogP contribution in [0.5, 0.6) is 0 Å². The second kappa shape index (κ2) is 5.83. The van der Waals surface area contributed by atoms with Crippen molar-refractivity contribution in [2.45, 2.75) is 32.2 Å². The topological polar surface area (TPSA) is 92.5 Å². The molecule has 3 rings (SSSR count). The Bertz CT molecular complexity index is 499. The zero-order valence-electron chi connectivity index (χ0n) is 12.8. The van der Waals surface area contributed by atoms with Crippen LogP contribution in [-0.4, -0.2) is 41.8 Å². The van der Waals surface area contributed by atoms with Gasteiger partial charge in [0.2, 0.25) is 17.7 Å². The Hall–Kier alpha value is -1.69. The maximum Gasteiger partial charge on any atom is 0.233 e. The van der Waals surface area contributed by atoms with Crippen molar-refractivity contribution >= 4 is 17.7 Å². The molecule has 6 nitrogen and oxygen atoms in total. The third-order valence-corrected chi connectivity index (χ3v) is 5.05. The Balaban J connectivity index is 1.49. The Morgan fingerprint density at radius 2 is 1.91 bits per heavy atom. The fourth-order valence-corrected chi connectivity index (χ4v) is 3.94. The van der Waals surface area contributed by atoms with Crippen LogP contribution >= 0.6 is 0 Å². The highest BCUT2D eigenvalue weighted by Crippen LogP contribution is 2.52. The quantitative estimate of drug-likeness (QED) is 0.535. The predicted octanol–water partition coefficient (Wildman–Crippen LogP) is 0.0371. The third-order valence-electron chi connectivity index (χ3n) is 5.05. The zero-order chi connectivity index (χ0) is 15.9. The molecule has 3 amide bonds. The van der Waals surface area contributed by atoms with Crippen molar-refractivity contribution in [3.05, 3.63) is 12.2 Å². The summed E-state index contributed by atoms with van der Waals surface area (Å²) < 4.78 is 0. The van der Waals surface area contributed by atoms with E-state index in [4.69, 9.17) is 5.73 Å². The monoisotopic (exact) mass is 305 g/mol. The second-order valence-electron chi connectivity index (χ2n) is 6.69. The molecule has 5 atom stereocenters. The first-order valence-corrected chi connectivity index (χ1v) is 8.05. The SMILES string of the molecule is CC(N)CCC(=O)NCCN1C(=O)C2C3C=CC(C3)C2C1=O. The highest BCUT2D eigenvalue weighted by Gasteiger charge is 2.58. The molecule has 3 N–H and O–H groups in total. The fourth-order valence-electron chi connectivity index (χ4n) is 3.94. The van der Waals surface area contributed by atoms with Crippen molar-refractivity contribution in [2.75, 3.05) is 13.1 Å². The molecule has 1 saturated carbocycles. The molecule has 1 heterocycles. The van der Waals surface area contributed by atoms with Gasteiger partial charge in [0.15, 0.2) is 0 Å². The molecule has 1 saturated heterocycles. The van der Waals surface area contributed by atoms with E-state index in [2.05, 4.69) is 17.5 Å². The van der Waals surface area contributed by atoms with Crippen LogP contribution in [0.25, 0.3) is 0 Å². The first-order valence-electron chi connectivity index (χ1n) is 8.05. The summed E-state index contributed by atoms with van der Waals surface area (Å²) in [4.78, 5) is 37.8. The smallest absolute Gasteiger partial charge is 0.233 e. The van der Waals surface area contributed by atoms with Crippen LogP contribution < -0.4 is 11.1 Å². The van der Waals surface area contributed by atoms with E-state index in [1.165, 1.54) is 4.90 Å². The number of nitrogens with one attached hydrogen (secondary N) is 1. The van der Waals surface area contributed by atoms with Gasteiger partial charge < -0.3 is 11.1 Å². The van der Waals surface area contributed by atoms with Gasteiger partial charge in [0.25, 0.3) is 0 Å². The number of hydrogen-bond acceptors (Lipinski definition) is 4. The molecular weight excluding hydrogens is 282 g/mol. The third kappa shape index (κ3) is 2.56. The summed E-state index contributed by atoms with van der Waals surface area (Å²) in [6.07, 6.45) is 6.10. The normalized spacial score (nSPS) is 33.5. The highest BCUT2D eigenvalue weighted by molar-refractivity contribution is 6.06. The van der Waals surface area contributed by atoms with Crippen LogP contribution in [0.15, 0.2) is 12.2 Å². The minimum Gasteiger partial charge on any atom is -0.354 e. The van der Waals surface area contributed by atoms with E-state index >= 15 is 0 Å². The van der Waals surface area contributed by atoms with Gasteiger partial charge in [-0.1, -0.05) is 12.2 Å². The fraction of sp³-hybridized carbons (Fsp3) is 0.688. The van der Waals surface area contributed by atoms with E-state index in [9.17, 15) is 14.4 Å². The molecule has 3 aliphatic rings. The highest BCUT2D eigenvalue weighted by atomic mass is 16.2. The molecule has 0 spiro atoms. The van der Waals surface area contributed by atoms with Crippen molar-refractivity contribution in [2.24, 2.45) is 29.4 Å². The van der Waals surface area contributed by atoms with E-state index in [1.807, 2.05) is 6.92 Å². The van der Waals surface area contributed by atoms with Crippen LogP contribution in [-0.2, 0) is 14.4 Å². The first-order chi connectivity index (χ1) is 10.5. The lowest BCUT2D eigenvalue weighted by Gasteiger charge is -2.17. The number of allylic oxidation sites excluding steroid dienone is 2. The minimum absolute atomic E-state index is 0.00478. The van der Waals surface area contributed by atoms with Crippen LogP contribution in [0.3, 0.4) is 0 Å². The molecule has 2 fully saturated rings. The van der Waals surface area contributed by atoms with Crippen molar-refractivity contribution in [3.63, 3.8) is 0 Å². The van der Waals surface area contributed by atoms with Crippen molar-refractivity contribution in [3.8, 4) is 0 Å². The zero-order valence-corrected chi connectivity index (χ0v) is 12.8. The van der Waals surface area contributed by atoms with E-state index in [-0.39, 0.29) is 54.0 Å². The molecule has 0 aromatic heterocycles. The summed E-state index contributed by atoms with van der Waals surface area (Å²) in [5.74, 6) is -0.0477. The molecule has 0 aromatic rings. The van der Waals surface area contributed by atoms with Gasteiger partial charge in [0.1, 0.15) is 0 Å². The van der Waals surface area contributed by atoms with Crippen LogP contribution in [0, 0.1) is 23.7 Å². The summed E-state index contributed by atoms with van der Waals surface area (Å²) in [5, 5.41) is 2.75. The van der Waals surface area contributed by atoms with E-state index in [0.29, 0.717) is 19.4 Å². The first kappa shape index (κ1) is 15.2. The van der Waals surface area contributed by atoms with Gasteiger partial charge in [0.05, 0.1) is 11.8 Å². The van der Waals surface area contributed by atoms with Gasteiger partial charge in [0, 0.05) is 25.6 Å². The van der Waals surface area contributed by atoms with Gasteiger partial charge in [-0.15, -0.1) is 0 Å². The van der Waals surface area contributed by atoms with Crippen LogP contribution in [0.1, 0.15) is 26.2 Å². The summed E-state index contributed by atoms with van der Waals surface area (Å²) in [6.45, 7) is 2.45. The molecule has 1 aliphatic heterocycles. The van der Waals surface area contributed by atoms with Crippen LogP contribution in [0.4, 0.5) is 0 Å². The number of nitrogens with two attached hydrogens (primary N) is 1. The molecule has 2 aliphatic carbocycles. The lowest BCUT2D eigenvalue weighted by Crippen LogP contribution is -2.39. The molecule has 120 valence electrons. The van der Waals surface area contributed by atoms with E-state index in [0.717, 1.165) is 6.42 Å². The van der Waals surface area contributed by atoms with Crippen molar-refractivity contribution in [1.82, 2.24) is 10.2 Å². The van der Waals surface area contributed by atoms with Gasteiger partial charge in [-0.2, -0.15) is 0 Å². The maximum atomic E-state index is 12.4. The molecular formula is C16H23N3O3. The summed E-state index contributed by atoms with van der Waals surface area (Å²) in [7, 11) is 0. The number of carbonyl (C=O) groups is 3. The number of fused-ring (bicyclic) bond motifs is 5. The van der Waals surface area contributed by atoms with Gasteiger partial charge in [-0.05, 0) is 31.6 Å². The Labute approximate surface area is 130 Å². The molecule has 5 unspecified atom stereocenters. The predicted molar refractivity (Wildman–Crippen MR) is 80.3 cm³/mol. The molecule has 0 radical (unpaired) electrons. The minimum atomic E-state index is -0.156. The number of nitrogens with zero attached hydrogens (tertiary/aromatic N) is 1. The number of amides is 3. The van der Waals surface area contributed by atoms with E-state index < -0.39 is 0 Å². The molecule has 0 aromatic carbocycles. The molecule has 22 heavy (non-hydrogen) atoms. The number of imide groups is 1. The maximum absolute atomic E-state index is 12.4. The van der Waals surface area contributed by atoms with Gasteiger partial charge in [-0.3, -0.25) is 19.3 Å². The lowest BCUT2D eigenvalue weighted by molar-refractivity contribution is -0.141. The standard InChI is InChI=1S/C16H23N3O3/c1-9(17)2-5-12(20)18-6-7-19-15(21)13-10-3-4-11(8-10)14(13)16(19)22/h3-4,9-11,13-14H,2,5-8,17H2,1H3,(H,18,20). The van der Waals surface area contributed by atoms with Crippen molar-refractivity contribution in [1.29, 1.82) is 0 Å². The van der Waals surface area contributed by atoms with Gasteiger partial charge >= 0.3 is 0 Å². The Morgan fingerprint density at radius 1 is 1.32 bits per heavy atom. The average Bonchev–Trinajstić information content (AvgIpc) is 3.14. The Morgan fingerprint density at radius 3 is 2.45 bits per heavy atom. The summed E-state index contributed by atoms with van der Waals surface area (Å²) >= 11 is 0. The lowest BCUT2D eigenvalue weighted by atomic mass is 9.85. The largest absolute Gasteiger partial charge is 0.354 e. The molecule has 2 bridgehead atoms. The van der Waals surface area contributed by atoms with Crippen molar-refractivity contribution < 1.29 is 14.4 Å². The summed E-state index contributed by atoms with van der Waals surface area (Å²) in [5.41, 5.74) is 5.61. The Kier molecular flexibility index (Phi) is 4.04. The van der Waals surface area contributed by atoms with E-state index in [1.54, 1.807) is 0 Å². The second-order valence-corrected chi connectivity index (χ2v) is 6.69. The van der Waals surface area contributed by atoms with Gasteiger partial charge in [-0.25, -0.2) is 0 Å².